The summed E-state index contributed by atoms with van der Waals surface area (Å²) in [5, 5.41) is 0. The van der Waals surface area contributed by atoms with Crippen LogP contribution in [0, 0.1) is 0 Å². The Bertz CT molecular complexity index is 1040. The van der Waals surface area contributed by atoms with Gasteiger partial charge >= 0.3 is 0 Å². The van der Waals surface area contributed by atoms with E-state index in [0.717, 1.165) is 24.5 Å². The van der Waals surface area contributed by atoms with Crippen LogP contribution in [0.15, 0.2) is 96.8 Å². The Kier molecular flexibility index (Phi) is 6.82. The Labute approximate surface area is 193 Å². The number of nitrogens with zero attached hydrogens (tertiary/aromatic N) is 1. The predicted octanol–water partition coefficient (Wildman–Crippen LogP) is 7.12. The average Bonchev–Trinajstić information content (AvgIpc) is 2.80. The third-order valence-corrected chi connectivity index (χ3v) is 6.65. The fourth-order valence-corrected chi connectivity index (χ4v) is 5.42. The fourth-order valence-electron chi connectivity index (χ4n) is 4.48. The second-order valence-corrected chi connectivity index (χ2v) is 13.8. The molecule has 0 aliphatic carbocycles. The molecule has 0 bridgehead atoms. The zero-order valence-corrected chi connectivity index (χ0v) is 20.5. The first kappa shape index (κ1) is 22.4. The van der Waals surface area contributed by atoms with Gasteiger partial charge in [-0.2, -0.15) is 0 Å². The molecule has 0 N–H and O–H groups in total. The third kappa shape index (κ3) is 5.32. The molecule has 2 unspecified atom stereocenters. The first-order valence-electron chi connectivity index (χ1n) is 11.3. The first-order valence-corrected chi connectivity index (χ1v) is 14.7. The predicted molar refractivity (Wildman–Crippen MR) is 134 cm³/mol. The van der Waals surface area contributed by atoms with E-state index >= 15 is 0 Å². The highest BCUT2D eigenvalue weighted by molar-refractivity contribution is 6.70. The maximum Gasteiger partial charge on any atom is 0.241 e. The summed E-state index contributed by atoms with van der Waals surface area (Å²) in [4.78, 5) is 2.58. The summed E-state index contributed by atoms with van der Waals surface area (Å²) < 4.78 is 12.4. The van der Waals surface area contributed by atoms with Crippen molar-refractivity contribution < 1.29 is 9.16 Å². The van der Waals surface area contributed by atoms with Crippen molar-refractivity contribution in [3.05, 3.63) is 113 Å². The van der Waals surface area contributed by atoms with E-state index in [-0.39, 0.29) is 12.1 Å². The first-order chi connectivity index (χ1) is 15.4. The van der Waals surface area contributed by atoms with Crippen LogP contribution in [-0.4, -0.2) is 20.3 Å². The molecule has 166 valence electrons. The van der Waals surface area contributed by atoms with Crippen LogP contribution in [0.4, 0.5) is 0 Å². The lowest BCUT2D eigenvalue weighted by atomic mass is 9.90. The molecule has 1 aliphatic heterocycles. The van der Waals surface area contributed by atoms with Gasteiger partial charge in [0.25, 0.3) is 0 Å². The highest BCUT2D eigenvalue weighted by atomic mass is 28.4. The Morgan fingerprint density at radius 2 is 1.47 bits per heavy atom. The van der Waals surface area contributed by atoms with Crippen molar-refractivity contribution in [2.45, 2.75) is 44.7 Å². The number of para-hydroxylation sites is 1. The summed E-state index contributed by atoms with van der Waals surface area (Å²) in [6.45, 7) is 7.60. The second kappa shape index (κ2) is 9.76. The van der Waals surface area contributed by atoms with E-state index in [1.54, 1.807) is 7.11 Å². The smallest absolute Gasteiger partial charge is 0.241 e. The Balaban J connectivity index is 1.83. The van der Waals surface area contributed by atoms with Gasteiger partial charge in [0, 0.05) is 24.6 Å². The largest absolute Gasteiger partial charge is 0.547 e. The van der Waals surface area contributed by atoms with Crippen LogP contribution in [0.5, 0.6) is 5.75 Å². The standard InChI is InChI=1S/C28H33NO2Si/c1-30-28-18-12-11-17-25(28)27-20-24(31-32(2,3)4)19-26(23-15-9-6-10-16-23)29(27)21-22-13-7-5-8-14-22/h5-19,26-27H,20-21H2,1-4H3. The molecule has 0 aromatic heterocycles. The maximum atomic E-state index is 6.59. The Hall–Kier alpha value is -2.82. The van der Waals surface area contributed by atoms with Crippen LogP contribution in [0.2, 0.25) is 19.6 Å². The van der Waals surface area contributed by atoms with Crippen molar-refractivity contribution in [3.63, 3.8) is 0 Å². The molecule has 0 saturated carbocycles. The lowest BCUT2D eigenvalue weighted by Crippen LogP contribution is -2.37. The highest BCUT2D eigenvalue weighted by Crippen LogP contribution is 2.45. The van der Waals surface area contributed by atoms with Gasteiger partial charge in [0.2, 0.25) is 8.32 Å². The minimum absolute atomic E-state index is 0.117. The molecule has 3 nitrogen and oxygen atoms in total. The fraction of sp³-hybridized carbons (Fsp3) is 0.286. The quantitative estimate of drug-likeness (QED) is 0.363. The number of benzene rings is 3. The van der Waals surface area contributed by atoms with Gasteiger partial charge in [0.1, 0.15) is 5.75 Å². The molecule has 4 rings (SSSR count). The number of methoxy groups -OCH3 is 1. The van der Waals surface area contributed by atoms with E-state index in [1.165, 1.54) is 16.7 Å². The zero-order chi connectivity index (χ0) is 22.6. The normalized spacial score (nSPS) is 19.3. The molecule has 4 heteroatoms. The SMILES string of the molecule is COc1ccccc1C1CC(O[Si](C)(C)C)=CC(c2ccccc2)N1Cc1ccccc1. The summed E-state index contributed by atoms with van der Waals surface area (Å²) in [7, 11) is 0.0153. The van der Waals surface area contributed by atoms with Gasteiger partial charge in [-0.3, -0.25) is 4.90 Å². The Morgan fingerprint density at radius 1 is 0.844 bits per heavy atom. The van der Waals surface area contributed by atoms with Gasteiger partial charge < -0.3 is 9.16 Å². The van der Waals surface area contributed by atoms with Gasteiger partial charge in [0.05, 0.1) is 18.9 Å². The van der Waals surface area contributed by atoms with Crippen LogP contribution in [0.25, 0.3) is 0 Å². The summed E-state index contributed by atoms with van der Waals surface area (Å²) in [5.41, 5.74) is 3.78. The van der Waals surface area contributed by atoms with Gasteiger partial charge in [0.15, 0.2) is 0 Å². The van der Waals surface area contributed by atoms with E-state index in [0.29, 0.717) is 0 Å². The molecular formula is C28H33NO2Si. The van der Waals surface area contributed by atoms with E-state index in [9.17, 15) is 0 Å². The molecular weight excluding hydrogens is 410 g/mol. The van der Waals surface area contributed by atoms with E-state index < -0.39 is 8.32 Å². The van der Waals surface area contributed by atoms with Gasteiger partial charge in [-0.25, -0.2) is 0 Å². The topological polar surface area (TPSA) is 21.7 Å². The number of hydrogen-bond acceptors (Lipinski definition) is 3. The molecule has 2 atom stereocenters. The average molecular weight is 444 g/mol. The summed E-state index contributed by atoms with van der Waals surface area (Å²) in [5.74, 6) is 2.02. The molecule has 0 amide bonds. The van der Waals surface area contributed by atoms with Crippen LogP contribution < -0.4 is 4.74 Å². The molecule has 1 heterocycles. The molecule has 0 spiro atoms. The summed E-state index contributed by atoms with van der Waals surface area (Å²) in [6.07, 6.45) is 3.17. The zero-order valence-electron chi connectivity index (χ0n) is 19.5. The van der Waals surface area contributed by atoms with Crippen molar-refractivity contribution in [1.82, 2.24) is 4.90 Å². The van der Waals surface area contributed by atoms with E-state index in [1.807, 2.05) is 6.07 Å². The summed E-state index contributed by atoms with van der Waals surface area (Å²) in [6, 6.07) is 30.1. The number of rotatable bonds is 7. The monoisotopic (exact) mass is 443 g/mol. The maximum absolute atomic E-state index is 6.59. The van der Waals surface area contributed by atoms with Crippen molar-refractivity contribution in [1.29, 1.82) is 0 Å². The van der Waals surface area contributed by atoms with Crippen LogP contribution >= 0.6 is 0 Å². The summed E-state index contributed by atoms with van der Waals surface area (Å²) >= 11 is 0. The number of hydrogen-bond donors (Lipinski definition) is 0. The van der Waals surface area contributed by atoms with Gasteiger partial charge in [-0.05, 0) is 42.9 Å². The van der Waals surface area contributed by atoms with Crippen LogP contribution in [0.1, 0.15) is 35.2 Å². The molecule has 0 saturated heterocycles. The lowest BCUT2D eigenvalue weighted by Gasteiger charge is -2.43. The lowest BCUT2D eigenvalue weighted by molar-refractivity contribution is 0.117. The van der Waals surface area contributed by atoms with Crippen molar-refractivity contribution in [3.8, 4) is 5.75 Å². The van der Waals surface area contributed by atoms with Crippen molar-refractivity contribution in [2.24, 2.45) is 0 Å². The van der Waals surface area contributed by atoms with E-state index in [2.05, 4.69) is 109 Å². The minimum Gasteiger partial charge on any atom is -0.547 e. The molecule has 0 fully saturated rings. The van der Waals surface area contributed by atoms with Crippen molar-refractivity contribution in [2.75, 3.05) is 7.11 Å². The molecule has 3 aromatic rings. The molecule has 1 aliphatic rings. The van der Waals surface area contributed by atoms with E-state index in [4.69, 9.17) is 9.16 Å². The van der Waals surface area contributed by atoms with Gasteiger partial charge in [-0.1, -0.05) is 78.9 Å². The van der Waals surface area contributed by atoms with Gasteiger partial charge in [-0.15, -0.1) is 0 Å². The van der Waals surface area contributed by atoms with Crippen LogP contribution in [-0.2, 0) is 11.0 Å². The second-order valence-electron chi connectivity index (χ2n) is 9.32. The molecule has 32 heavy (non-hydrogen) atoms. The van der Waals surface area contributed by atoms with Crippen molar-refractivity contribution >= 4 is 8.32 Å². The highest BCUT2D eigenvalue weighted by Gasteiger charge is 2.36. The van der Waals surface area contributed by atoms with Crippen LogP contribution in [0.3, 0.4) is 0 Å². The Morgan fingerprint density at radius 3 is 2.12 bits per heavy atom. The minimum atomic E-state index is -1.74. The third-order valence-electron chi connectivity index (χ3n) is 5.78. The molecule has 3 aromatic carbocycles. The number of ether oxygens (including phenoxy) is 1. The molecule has 0 radical (unpaired) electrons.